The van der Waals surface area contributed by atoms with Crippen LogP contribution in [-0.2, 0) is 6.54 Å². The molecule has 0 bridgehead atoms. The van der Waals surface area contributed by atoms with E-state index in [9.17, 15) is 0 Å². The van der Waals surface area contributed by atoms with Crippen LogP contribution in [0.4, 0.5) is 0 Å². The molecular weight excluding hydrogens is 379 g/mol. The molecule has 0 aliphatic heterocycles. The quantitative estimate of drug-likeness (QED) is 0.349. The van der Waals surface area contributed by atoms with Crippen LogP contribution in [0.5, 0.6) is 0 Å². The number of nitrogens with two attached hydrogens (primary N) is 1. The molecule has 0 aliphatic carbocycles. The SMILES string of the molecule is C=C(C)CNC(N)=NCc1ccnc(-n2ccnc2)c1.I. The van der Waals surface area contributed by atoms with E-state index in [2.05, 4.69) is 26.9 Å². The molecule has 2 aromatic rings. The number of imidazole rings is 1. The lowest BCUT2D eigenvalue weighted by atomic mass is 10.2. The molecule has 2 rings (SSSR count). The van der Waals surface area contributed by atoms with E-state index in [1.54, 1.807) is 18.7 Å². The normalized spacial score (nSPS) is 10.8. The Balaban J connectivity index is 0.00000220. The number of nitrogens with one attached hydrogen (secondary N) is 1. The molecular formula is C14H19IN6. The molecule has 21 heavy (non-hydrogen) atoms. The second-order valence-corrected chi connectivity index (χ2v) is 4.50. The summed E-state index contributed by atoms with van der Waals surface area (Å²) < 4.78 is 1.84. The summed E-state index contributed by atoms with van der Waals surface area (Å²) >= 11 is 0. The maximum Gasteiger partial charge on any atom is 0.189 e. The first-order chi connectivity index (χ1) is 9.65. The number of aromatic nitrogens is 3. The van der Waals surface area contributed by atoms with Crippen molar-refractivity contribution in [3.05, 3.63) is 54.8 Å². The minimum Gasteiger partial charge on any atom is -0.370 e. The lowest BCUT2D eigenvalue weighted by molar-refractivity contribution is 0.931. The predicted molar refractivity (Wildman–Crippen MR) is 94.9 cm³/mol. The molecule has 0 saturated carbocycles. The third kappa shape index (κ3) is 5.54. The van der Waals surface area contributed by atoms with E-state index in [-0.39, 0.29) is 24.0 Å². The van der Waals surface area contributed by atoms with Crippen molar-refractivity contribution < 1.29 is 0 Å². The van der Waals surface area contributed by atoms with Crippen molar-refractivity contribution in [2.45, 2.75) is 13.5 Å². The molecule has 3 N–H and O–H groups in total. The molecule has 0 saturated heterocycles. The number of aliphatic imine (C=N–C) groups is 1. The number of guanidine groups is 1. The zero-order valence-electron chi connectivity index (χ0n) is 11.9. The molecule has 0 fully saturated rings. The molecule has 7 heteroatoms. The van der Waals surface area contributed by atoms with Crippen LogP contribution >= 0.6 is 24.0 Å². The molecule has 6 nitrogen and oxygen atoms in total. The van der Waals surface area contributed by atoms with E-state index in [1.165, 1.54) is 0 Å². The topological polar surface area (TPSA) is 81.1 Å². The standard InChI is InChI=1S/C14H18N6.HI/c1-11(2)8-18-14(15)19-9-12-3-4-17-13(7-12)20-6-5-16-10-20;/h3-7,10H,1,8-9H2,2H3,(H3,15,18,19);1H. The van der Waals surface area contributed by atoms with Gasteiger partial charge in [0.2, 0.25) is 0 Å². The minimum atomic E-state index is 0. The van der Waals surface area contributed by atoms with Gasteiger partial charge in [0, 0.05) is 25.1 Å². The van der Waals surface area contributed by atoms with E-state index < -0.39 is 0 Å². The summed E-state index contributed by atoms with van der Waals surface area (Å²) in [4.78, 5) is 12.6. The van der Waals surface area contributed by atoms with Gasteiger partial charge < -0.3 is 11.1 Å². The van der Waals surface area contributed by atoms with Gasteiger partial charge in [0.25, 0.3) is 0 Å². The highest BCUT2D eigenvalue weighted by Crippen LogP contribution is 2.07. The third-order valence-corrected chi connectivity index (χ3v) is 2.58. The highest BCUT2D eigenvalue weighted by atomic mass is 127. The summed E-state index contributed by atoms with van der Waals surface area (Å²) in [6, 6.07) is 3.87. The van der Waals surface area contributed by atoms with Gasteiger partial charge in [-0.1, -0.05) is 12.2 Å². The largest absolute Gasteiger partial charge is 0.370 e. The molecule has 2 aromatic heterocycles. The van der Waals surface area contributed by atoms with Crippen molar-refractivity contribution in [1.29, 1.82) is 0 Å². The van der Waals surface area contributed by atoms with Crippen LogP contribution in [0.15, 0.2) is 54.2 Å². The zero-order valence-corrected chi connectivity index (χ0v) is 14.2. The van der Waals surface area contributed by atoms with Gasteiger partial charge in [-0.25, -0.2) is 15.0 Å². The van der Waals surface area contributed by atoms with E-state index in [1.807, 2.05) is 29.8 Å². The summed E-state index contributed by atoms with van der Waals surface area (Å²) in [6.45, 7) is 6.86. The second kappa shape index (κ2) is 8.40. The van der Waals surface area contributed by atoms with Gasteiger partial charge in [0.15, 0.2) is 5.96 Å². The van der Waals surface area contributed by atoms with E-state index >= 15 is 0 Å². The van der Waals surface area contributed by atoms with Gasteiger partial charge >= 0.3 is 0 Å². The number of nitrogens with zero attached hydrogens (tertiary/aromatic N) is 4. The molecule has 0 unspecified atom stereocenters. The highest BCUT2D eigenvalue weighted by molar-refractivity contribution is 14.0. The van der Waals surface area contributed by atoms with Crippen molar-refractivity contribution >= 4 is 29.9 Å². The van der Waals surface area contributed by atoms with Gasteiger partial charge in [-0.2, -0.15) is 0 Å². The Hall–Kier alpha value is -1.90. The van der Waals surface area contributed by atoms with Crippen LogP contribution in [0, 0.1) is 0 Å². The fourth-order valence-electron chi connectivity index (χ4n) is 1.57. The van der Waals surface area contributed by atoms with Crippen molar-refractivity contribution in [2.75, 3.05) is 6.54 Å². The van der Waals surface area contributed by atoms with Crippen LogP contribution in [0.3, 0.4) is 0 Å². The average Bonchev–Trinajstić information content (AvgIpc) is 2.97. The van der Waals surface area contributed by atoms with Crippen molar-refractivity contribution in [2.24, 2.45) is 10.7 Å². The van der Waals surface area contributed by atoms with Gasteiger partial charge in [-0.15, -0.1) is 24.0 Å². The maximum absolute atomic E-state index is 5.77. The highest BCUT2D eigenvalue weighted by Gasteiger charge is 1.99. The van der Waals surface area contributed by atoms with E-state index in [0.717, 1.165) is 17.0 Å². The molecule has 0 spiro atoms. The summed E-state index contributed by atoms with van der Waals surface area (Å²) in [6.07, 6.45) is 7.01. The number of hydrogen-bond donors (Lipinski definition) is 2. The van der Waals surface area contributed by atoms with E-state index in [0.29, 0.717) is 19.0 Å². The minimum absolute atomic E-state index is 0. The Bertz CT molecular complexity index is 606. The van der Waals surface area contributed by atoms with Gasteiger partial charge in [0.05, 0.1) is 6.54 Å². The second-order valence-electron chi connectivity index (χ2n) is 4.50. The van der Waals surface area contributed by atoms with Gasteiger partial charge in [0.1, 0.15) is 12.1 Å². The Morgan fingerprint density at radius 1 is 1.48 bits per heavy atom. The van der Waals surface area contributed by atoms with Crippen LogP contribution in [-0.4, -0.2) is 27.0 Å². The van der Waals surface area contributed by atoms with Gasteiger partial charge in [-0.3, -0.25) is 4.57 Å². The molecule has 112 valence electrons. The fraction of sp³-hybridized carbons (Fsp3) is 0.214. The molecule has 0 radical (unpaired) electrons. The number of hydrogen-bond acceptors (Lipinski definition) is 3. The lowest BCUT2D eigenvalue weighted by Gasteiger charge is -2.06. The molecule has 0 aliphatic rings. The molecule has 0 atom stereocenters. The number of rotatable bonds is 5. The van der Waals surface area contributed by atoms with Crippen molar-refractivity contribution in [3.63, 3.8) is 0 Å². The van der Waals surface area contributed by atoms with E-state index in [4.69, 9.17) is 5.73 Å². The summed E-state index contributed by atoms with van der Waals surface area (Å²) in [5.41, 5.74) is 7.81. The molecule has 0 aromatic carbocycles. The Morgan fingerprint density at radius 2 is 2.29 bits per heavy atom. The van der Waals surface area contributed by atoms with Crippen LogP contribution in [0.1, 0.15) is 12.5 Å². The Labute approximate surface area is 141 Å². The Kier molecular flexibility index (Phi) is 6.86. The third-order valence-electron chi connectivity index (χ3n) is 2.58. The summed E-state index contributed by atoms with van der Waals surface area (Å²) in [7, 11) is 0. The van der Waals surface area contributed by atoms with Crippen molar-refractivity contribution in [1.82, 2.24) is 19.9 Å². The van der Waals surface area contributed by atoms with Gasteiger partial charge in [-0.05, 0) is 24.6 Å². The first kappa shape index (κ1) is 17.2. The maximum atomic E-state index is 5.77. The summed E-state index contributed by atoms with van der Waals surface area (Å²) in [5.74, 6) is 1.22. The van der Waals surface area contributed by atoms with Crippen LogP contribution in [0.25, 0.3) is 5.82 Å². The predicted octanol–water partition coefficient (Wildman–Crippen LogP) is 1.87. The van der Waals surface area contributed by atoms with Crippen molar-refractivity contribution in [3.8, 4) is 5.82 Å². The first-order valence-corrected chi connectivity index (χ1v) is 6.26. The van der Waals surface area contributed by atoms with Crippen LogP contribution < -0.4 is 11.1 Å². The lowest BCUT2D eigenvalue weighted by Crippen LogP contribution is -2.32. The smallest absolute Gasteiger partial charge is 0.189 e. The monoisotopic (exact) mass is 398 g/mol. The Morgan fingerprint density at radius 3 is 2.95 bits per heavy atom. The first-order valence-electron chi connectivity index (χ1n) is 6.26. The van der Waals surface area contributed by atoms with Crippen LogP contribution in [0.2, 0.25) is 0 Å². The summed E-state index contributed by atoms with van der Waals surface area (Å²) in [5, 5.41) is 2.99. The molecule has 0 amide bonds. The zero-order chi connectivity index (χ0) is 14.4. The average molecular weight is 398 g/mol. The molecule has 2 heterocycles. The fourth-order valence-corrected chi connectivity index (χ4v) is 1.57. The number of pyridine rings is 1. The number of halogens is 1.